The van der Waals surface area contributed by atoms with Crippen LogP contribution in [0.25, 0.3) is 0 Å². The summed E-state index contributed by atoms with van der Waals surface area (Å²) in [4.78, 5) is 0. The predicted molar refractivity (Wildman–Crippen MR) is 32.2 cm³/mol. The molecule has 4 atom stereocenters. The van der Waals surface area contributed by atoms with Gasteiger partial charge in [0.15, 0.2) is 0 Å². The Morgan fingerprint density at radius 3 is 3.78 bits per heavy atom. The first-order valence-electron chi connectivity index (χ1n) is 4.54. The Bertz CT molecular complexity index is 144. The van der Waals surface area contributed by atoms with Gasteiger partial charge in [-0.05, 0) is 6.42 Å². The fourth-order valence-electron chi connectivity index (χ4n) is 0.765. The molecule has 1 aliphatic heterocycles. The van der Waals surface area contributed by atoms with Crippen LogP contribution in [-0.4, -0.2) is 37.6 Å². The summed E-state index contributed by atoms with van der Waals surface area (Å²) in [5.41, 5.74) is 0. The topological polar surface area (TPSA) is 38.7 Å². The van der Waals surface area contributed by atoms with Crippen LogP contribution in [0.4, 0.5) is 0 Å². The molecule has 0 radical (unpaired) electrons. The Morgan fingerprint density at radius 1 is 2.33 bits per heavy atom. The molecular weight excluding hydrogens is 120 g/mol. The molecule has 54 valence electrons. The van der Waals surface area contributed by atoms with Gasteiger partial charge in [0.1, 0.15) is 6.10 Å². The van der Waals surface area contributed by atoms with Crippen molar-refractivity contribution >= 4 is 0 Å². The quantitative estimate of drug-likeness (QED) is 0.572. The smallest absolute Gasteiger partial charge is 0.107 e. The highest BCUT2D eigenvalue weighted by atomic mass is 16.5. The molecule has 9 heavy (non-hydrogen) atoms. The summed E-state index contributed by atoms with van der Waals surface area (Å²) in [5, 5.41) is 9.22. The maximum atomic E-state index is 9.22. The largest absolute Gasteiger partial charge is 0.390 e. The number of aliphatic hydroxyl groups is 1. The van der Waals surface area contributed by atoms with Gasteiger partial charge in [-0.25, -0.2) is 0 Å². The Kier molecular flexibility index (Phi) is 1.37. The zero-order valence-electron chi connectivity index (χ0n) is 7.99. The third kappa shape index (κ3) is 1.64. The van der Waals surface area contributed by atoms with Crippen molar-refractivity contribution in [2.24, 2.45) is 0 Å². The first kappa shape index (κ1) is 3.91. The van der Waals surface area contributed by atoms with Gasteiger partial charge < -0.3 is 14.6 Å². The Morgan fingerprint density at radius 2 is 3.22 bits per heavy atom. The van der Waals surface area contributed by atoms with Gasteiger partial charge in [0.2, 0.25) is 0 Å². The van der Waals surface area contributed by atoms with Gasteiger partial charge in [-0.1, -0.05) is 0 Å². The second-order valence-electron chi connectivity index (χ2n) is 1.98. The molecule has 3 nitrogen and oxygen atoms in total. The molecular formula is C6H12O3. The first-order chi connectivity index (χ1) is 5.59. The molecule has 2 unspecified atom stereocenters. The summed E-state index contributed by atoms with van der Waals surface area (Å²) >= 11 is 0. The fraction of sp³-hybridized carbons (Fsp3) is 1.00. The van der Waals surface area contributed by atoms with Crippen LogP contribution in [-0.2, 0) is 9.47 Å². The lowest BCUT2D eigenvalue weighted by molar-refractivity contribution is -0.0101. The molecule has 0 amide bonds. The van der Waals surface area contributed by atoms with Gasteiger partial charge in [-0.15, -0.1) is 0 Å². The van der Waals surface area contributed by atoms with Gasteiger partial charge in [0.25, 0.3) is 0 Å². The summed E-state index contributed by atoms with van der Waals surface area (Å²) < 4.78 is 30.1. The standard InChI is InChI=1S/C6H12O3/c1-8-4-6-5(7)2-3-9-6/h5-7H,2-4H2,1H3/t5?,6-/m1/s1/i1TD,3T/t1?,3-,5?,6+/m0. The van der Waals surface area contributed by atoms with E-state index in [2.05, 4.69) is 4.74 Å². The lowest BCUT2D eigenvalue weighted by Gasteiger charge is -2.10. The lowest BCUT2D eigenvalue weighted by atomic mass is 10.2. The highest BCUT2D eigenvalue weighted by molar-refractivity contribution is 4.73. The van der Waals surface area contributed by atoms with Gasteiger partial charge >= 0.3 is 0 Å². The summed E-state index contributed by atoms with van der Waals surface area (Å²) in [6.07, 6.45) is -0.980. The molecule has 1 saturated heterocycles. The fourth-order valence-corrected chi connectivity index (χ4v) is 0.765. The van der Waals surface area contributed by atoms with Crippen molar-refractivity contribution in [3.63, 3.8) is 0 Å². The van der Waals surface area contributed by atoms with E-state index in [1.165, 1.54) is 0 Å². The van der Waals surface area contributed by atoms with E-state index < -0.39 is 25.9 Å². The molecule has 1 fully saturated rings. The van der Waals surface area contributed by atoms with Crippen molar-refractivity contribution in [1.29, 1.82) is 0 Å². The summed E-state index contributed by atoms with van der Waals surface area (Å²) in [6, 6.07) is 0. The number of rotatable bonds is 2. The molecule has 1 aliphatic rings. The van der Waals surface area contributed by atoms with E-state index in [0.29, 0.717) is 0 Å². The lowest BCUT2D eigenvalue weighted by Crippen LogP contribution is -2.25. The predicted octanol–water partition coefficient (Wildman–Crippen LogP) is -0.217. The number of aliphatic hydroxyl groups excluding tert-OH is 1. The van der Waals surface area contributed by atoms with Gasteiger partial charge in [-0.3, -0.25) is 0 Å². The molecule has 0 spiro atoms. The van der Waals surface area contributed by atoms with E-state index in [0.717, 1.165) is 0 Å². The summed E-state index contributed by atoms with van der Waals surface area (Å²) in [6.45, 7) is -0.697. The average Bonchev–Trinajstić information content (AvgIpc) is 2.26. The van der Waals surface area contributed by atoms with E-state index in [4.69, 9.17) is 8.85 Å². The minimum Gasteiger partial charge on any atom is -0.390 e. The minimum absolute atomic E-state index is 0.00815. The van der Waals surface area contributed by atoms with Crippen LogP contribution in [0.1, 0.15) is 10.5 Å². The summed E-state index contributed by atoms with van der Waals surface area (Å²) in [7, 11) is -1.36. The monoisotopic (exact) mass is 137 g/mol. The van der Waals surface area contributed by atoms with E-state index in [9.17, 15) is 5.11 Å². The normalized spacial score (nSPS) is 51.7. The van der Waals surface area contributed by atoms with E-state index in [-0.39, 0.29) is 13.0 Å². The third-order valence-electron chi connectivity index (χ3n) is 1.30. The number of hydrogen-bond donors (Lipinski definition) is 1. The van der Waals surface area contributed by atoms with Crippen molar-refractivity contribution in [2.45, 2.75) is 18.6 Å². The molecule has 0 bridgehead atoms. The van der Waals surface area contributed by atoms with Crippen molar-refractivity contribution in [2.75, 3.05) is 20.3 Å². The van der Waals surface area contributed by atoms with Crippen molar-refractivity contribution in [3.8, 4) is 0 Å². The zero-order valence-corrected chi connectivity index (χ0v) is 4.99. The van der Waals surface area contributed by atoms with Gasteiger partial charge in [0.05, 0.1) is 16.8 Å². The number of hydrogen-bond acceptors (Lipinski definition) is 3. The second kappa shape index (κ2) is 3.15. The van der Waals surface area contributed by atoms with Crippen LogP contribution in [0.15, 0.2) is 0 Å². The van der Waals surface area contributed by atoms with Crippen LogP contribution in [0.2, 0.25) is 0 Å². The van der Waals surface area contributed by atoms with Crippen LogP contribution in [0.5, 0.6) is 0 Å². The van der Waals surface area contributed by atoms with Crippen molar-refractivity contribution in [1.82, 2.24) is 0 Å². The first-order valence-corrected chi connectivity index (χ1v) is 2.81. The molecule has 0 aliphatic carbocycles. The molecule has 0 saturated carbocycles. The van der Waals surface area contributed by atoms with E-state index in [1.54, 1.807) is 0 Å². The van der Waals surface area contributed by atoms with E-state index >= 15 is 0 Å². The van der Waals surface area contributed by atoms with Gasteiger partial charge in [0, 0.05) is 13.6 Å². The SMILES string of the molecule is [2H]C([3H])OC[C@H]1O[C@@H]([3H])CC1O. The third-order valence-corrected chi connectivity index (χ3v) is 1.30. The number of ether oxygens (including phenoxy) is 2. The van der Waals surface area contributed by atoms with Gasteiger partial charge in [-0.2, -0.15) is 0 Å². The number of methoxy groups -OCH3 is 1. The maximum absolute atomic E-state index is 9.22. The molecule has 1 rings (SSSR count). The Balaban J connectivity index is 2.23. The summed E-state index contributed by atoms with van der Waals surface area (Å²) in [5.74, 6) is 0. The Labute approximate surface area is 58.8 Å². The van der Waals surface area contributed by atoms with Crippen LogP contribution >= 0.6 is 0 Å². The van der Waals surface area contributed by atoms with Crippen LogP contribution in [0.3, 0.4) is 0 Å². The molecule has 1 N–H and O–H groups in total. The highest BCUT2D eigenvalue weighted by Crippen LogP contribution is 2.12. The molecule has 0 aromatic heterocycles. The van der Waals surface area contributed by atoms with E-state index in [1.807, 2.05) is 0 Å². The second-order valence-corrected chi connectivity index (χ2v) is 1.98. The Hall–Kier alpha value is -0.120. The average molecular weight is 137 g/mol. The van der Waals surface area contributed by atoms with Crippen molar-refractivity contribution in [3.05, 3.63) is 0 Å². The molecule has 3 heteroatoms. The minimum atomic E-state index is -1.36. The molecule has 0 aromatic carbocycles. The zero-order chi connectivity index (χ0) is 9.14. The molecule has 0 aromatic rings. The van der Waals surface area contributed by atoms with Crippen molar-refractivity contribution < 1.29 is 18.7 Å². The van der Waals surface area contributed by atoms with Crippen LogP contribution < -0.4 is 0 Å². The maximum Gasteiger partial charge on any atom is 0.107 e. The van der Waals surface area contributed by atoms with Crippen LogP contribution in [0, 0.1) is 0 Å². The highest BCUT2D eigenvalue weighted by Gasteiger charge is 2.25. The molecule has 1 heterocycles.